The molecule has 0 radical (unpaired) electrons. The summed E-state index contributed by atoms with van der Waals surface area (Å²) in [6, 6.07) is 5.41. The topological polar surface area (TPSA) is 72.3 Å². The standard InChI is InChI=1S/C17H13F3N6/c1-9-23-16(25-24-9)8-26-15-5-11(6-21-14(15)7-22-26)10-2-3-13(18)12(4-10)17(19)20/h2-7,17H,8H2,1H3,(H,23,24,25). The minimum atomic E-state index is -2.88. The number of benzene rings is 1. The zero-order chi connectivity index (χ0) is 18.3. The molecule has 3 heterocycles. The fourth-order valence-electron chi connectivity index (χ4n) is 2.74. The van der Waals surface area contributed by atoms with Crippen molar-refractivity contribution in [3.63, 3.8) is 0 Å². The van der Waals surface area contributed by atoms with Crippen LogP contribution in [-0.4, -0.2) is 29.9 Å². The molecule has 0 bridgehead atoms. The zero-order valence-electron chi connectivity index (χ0n) is 13.6. The Morgan fingerprint density at radius 3 is 2.69 bits per heavy atom. The number of hydrogen-bond acceptors (Lipinski definition) is 4. The summed E-state index contributed by atoms with van der Waals surface area (Å²) in [6.45, 7) is 2.16. The van der Waals surface area contributed by atoms with Gasteiger partial charge in [0, 0.05) is 11.8 Å². The number of hydrogen-bond donors (Lipinski definition) is 1. The van der Waals surface area contributed by atoms with Gasteiger partial charge in [-0.1, -0.05) is 6.07 Å². The first-order valence-corrected chi connectivity index (χ1v) is 7.79. The van der Waals surface area contributed by atoms with Gasteiger partial charge in [0.1, 0.15) is 23.7 Å². The molecule has 0 aliphatic rings. The fourth-order valence-corrected chi connectivity index (χ4v) is 2.74. The Morgan fingerprint density at radius 1 is 1.12 bits per heavy atom. The molecule has 1 N–H and O–H groups in total. The quantitative estimate of drug-likeness (QED) is 0.604. The highest BCUT2D eigenvalue weighted by Gasteiger charge is 2.15. The van der Waals surface area contributed by atoms with Crippen molar-refractivity contribution in [1.29, 1.82) is 0 Å². The maximum Gasteiger partial charge on any atom is 0.266 e. The predicted molar refractivity (Wildman–Crippen MR) is 88.1 cm³/mol. The Bertz CT molecular complexity index is 1090. The van der Waals surface area contributed by atoms with E-state index in [2.05, 4.69) is 25.3 Å². The van der Waals surface area contributed by atoms with Crippen LogP contribution in [0.4, 0.5) is 13.2 Å². The number of nitrogens with one attached hydrogen (secondary N) is 1. The molecule has 6 nitrogen and oxygen atoms in total. The number of H-pyrrole nitrogens is 1. The molecule has 26 heavy (non-hydrogen) atoms. The molecular weight excluding hydrogens is 345 g/mol. The molecule has 0 atom stereocenters. The van der Waals surface area contributed by atoms with Crippen LogP contribution in [0.3, 0.4) is 0 Å². The molecule has 0 unspecified atom stereocenters. The van der Waals surface area contributed by atoms with E-state index in [1.54, 1.807) is 30.1 Å². The van der Waals surface area contributed by atoms with Crippen LogP contribution in [0.5, 0.6) is 0 Å². The first-order valence-electron chi connectivity index (χ1n) is 7.79. The van der Waals surface area contributed by atoms with Crippen LogP contribution in [-0.2, 0) is 6.54 Å². The van der Waals surface area contributed by atoms with E-state index in [9.17, 15) is 13.2 Å². The summed E-state index contributed by atoms with van der Waals surface area (Å²) in [6.07, 6.45) is 0.277. The molecule has 0 fully saturated rings. The molecule has 0 aliphatic heterocycles. The Morgan fingerprint density at radius 2 is 1.96 bits per heavy atom. The van der Waals surface area contributed by atoms with Gasteiger partial charge in [-0.05, 0) is 30.7 Å². The lowest BCUT2D eigenvalue weighted by Crippen LogP contribution is -2.03. The Hall–Kier alpha value is -3.23. The van der Waals surface area contributed by atoms with Crippen molar-refractivity contribution in [1.82, 2.24) is 29.9 Å². The first kappa shape index (κ1) is 16.2. The summed E-state index contributed by atoms with van der Waals surface area (Å²) < 4.78 is 41.1. The van der Waals surface area contributed by atoms with Crippen molar-refractivity contribution in [2.45, 2.75) is 19.9 Å². The fraction of sp³-hybridized carbons (Fsp3) is 0.176. The highest BCUT2D eigenvalue weighted by atomic mass is 19.3. The smallest absolute Gasteiger partial charge is 0.266 e. The number of alkyl halides is 2. The Labute approximate surface area is 145 Å². The highest BCUT2D eigenvalue weighted by Crippen LogP contribution is 2.29. The maximum atomic E-state index is 13.5. The van der Waals surface area contributed by atoms with Crippen molar-refractivity contribution in [3.8, 4) is 11.1 Å². The number of nitrogens with zero attached hydrogens (tertiary/aromatic N) is 5. The minimum Gasteiger partial charge on any atom is -0.328 e. The van der Waals surface area contributed by atoms with Crippen LogP contribution in [0.15, 0.2) is 36.7 Å². The summed E-state index contributed by atoms with van der Waals surface area (Å²) in [7, 11) is 0. The molecule has 4 aromatic rings. The van der Waals surface area contributed by atoms with Crippen molar-refractivity contribution in [2.75, 3.05) is 0 Å². The second-order valence-electron chi connectivity index (χ2n) is 5.82. The van der Waals surface area contributed by atoms with E-state index >= 15 is 0 Å². The van der Waals surface area contributed by atoms with E-state index in [-0.39, 0.29) is 0 Å². The average molecular weight is 358 g/mol. The number of pyridine rings is 1. The van der Waals surface area contributed by atoms with E-state index in [0.717, 1.165) is 12.1 Å². The van der Waals surface area contributed by atoms with Crippen molar-refractivity contribution in [2.24, 2.45) is 0 Å². The van der Waals surface area contributed by atoms with Crippen molar-refractivity contribution < 1.29 is 13.2 Å². The molecule has 4 rings (SSSR count). The molecule has 132 valence electrons. The van der Waals surface area contributed by atoms with Gasteiger partial charge in [0.25, 0.3) is 6.43 Å². The summed E-state index contributed by atoms with van der Waals surface area (Å²) in [5, 5.41) is 12.2. The molecule has 0 aliphatic carbocycles. The third-order valence-electron chi connectivity index (χ3n) is 4.00. The SMILES string of the molecule is Cc1nnc(Cn2ncc3ncc(-c4ccc(F)c(C(F)F)c4)cc32)[nH]1. The first-order chi connectivity index (χ1) is 12.5. The molecule has 0 saturated heterocycles. The second-order valence-corrected chi connectivity index (χ2v) is 5.82. The minimum absolute atomic E-state index is 0.362. The molecule has 0 saturated carbocycles. The normalized spacial score (nSPS) is 11.6. The van der Waals surface area contributed by atoms with Crippen LogP contribution in [0, 0.1) is 12.7 Å². The third-order valence-corrected chi connectivity index (χ3v) is 4.00. The lowest BCUT2D eigenvalue weighted by atomic mass is 10.0. The molecular formula is C17H13F3N6. The molecule has 0 amide bonds. The lowest BCUT2D eigenvalue weighted by molar-refractivity contribution is 0.146. The van der Waals surface area contributed by atoms with Gasteiger partial charge in [-0.25, -0.2) is 13.2 Å². The highest BCUT2D eigenvalue weighted by molar-refractivity contribution is 5.80. The Balaban J connectivity index is 1.75. The lowest BCUT2D eigenvalue weighted by Gasteiger charge is -2.07. The van der Waals surface area contributed by atoms with E-state index in [1.807, 2.05) is 0 Å². The van der Waals surface area contributed by atoms with E-state index in [0.29, 0.717) is 40.4 Å². The van der Waals surface area contributed by atoms with Crippen LogP contribution < -0.4 is 0 Å². The molecule has 1 aromatic carbocycles. The predicted octanol–water partition coefficient (Wildman–Crippen LogP) is 3.65. The van der Waals surface area contributed by atoms with Gasteiger partial charge in [0.05, 0.1) is 17.3 Å². The number of aromatic amines is 1. The van der Waals surface area contributed by atoms with Gasteiger partial charge in [-0.15, -0.1) is 10.2 Å². The monoisotopic (exact) mass is 358 g/mol. The summed E-state index contributed by atoms with van der Waals surface area (Å²) in [4.78, 5) is 7.33. The number of fused-ring (bicyclic) bond motifs is 1. The second kappa shape index (κ2) is 6.25. The van der Waals surface area contributed by atoms with Crippen molar-refractivity contribution in [3.05, 3.63) is 59.7 Å². The van der Waals surface area contributed by atoms with Gasteiger partial charge in [-0.2, -0.15) is 5.10 Å². The molecule has 3 aromatic heterocycles. The number of aromatic nitrogens is 6. The number of aryl methyl sites for hydroxylation is 1. The number of halogens is 3. The summed E-state index contributed by atoms with van der Waals surface area (Å²) in [5.41, 5.74) is 1.78. The largest absolute Gasteiger partial charge is 0.328 e. The van der Waals surface area contributed by atoms with E-state index in [1.165, 1.54) is 6.07 Å². The van der Waals surface area contributed by atoms with Crippen LogP contribution >= 0.6 is 0 Å². The van der Waals surface area contributed by atoms with Crippen LogP contribution in [0.2, 0.25) is 0 Å². The maximum absolute atomic E-state index is 13.5. The molecule has 0 spiro atoms. The summed E-state index contributed by atoms with van der Waals surface area (Å²) >= 11 is 0. The van der Waals surface area contributed by atoms with Gasteiger partial charge in [-0.3, -0.25) is 9.67 Å². The van der Waals surface area contributed by atoms with Gasteiger partial charge >= 0.3 is 0 Å². The average Bonchev–Trinajstić information content (AvgIpc) is 3.21. The zero-order valence-corrected chi connectivity index (χ0v) is 13.6. The molecule has 9 heteroatoms. The van der Waals surface area contributed by atoms with Crippen LogP contribution in [0.1, 0.15) is 23.6 Å². The third kappa shape index (κ3) is 2.92. The van der Waals surface area contributed by atoms with Gasteiger partial charge in [0.15, 0.2) is 5.82 Å². The van der Waals surface area contributed by atoms with Crippen LogP contribution in [0.25, 0.3) is 22.2 Å². The summed E-state index contributed by atoms with van der Waals surface area (Å²) in [5.74, 6) is 0.407. The number of rotatable bonds is 4. The van der Waals surface area contributed by atoms with E-state index in [4.69, 9.17) is 0 Å². The Kier molecular flexibility index (Phi) is 3.90. The van der Waals surface area contributed by atoms with Crippen molar-refractivity contribution >= 4 is 11.0 Å². The van der Waals surface area contributed by atoms with Gasteiger partial charge < -0.3 is 4.98 Å². The van der Waals surface area contributed by atoms with E-state index < -0.39 is 17.8 Å². The van der Waals surface area contributed by atoms with Gasteiger partial charge in [0.2, 0.25) is 0 Å².